The maximum atomic E-state index is 12.6. The van der Waals surface area contributed by atoms with Crippen molar-refractivity contribution < 1.29 is 14.4 Å². The highest BCUT2D eigenvalue weighted by Crippen LogP contribution is 2.30. The van der Waals surface area contributed by atoms with Gasteiger partial charge in [-0.2, -0.15) is 0 Å². The van der Waals surface area contributed by atoms with Crippen molar-refractivity contribution in [3.8, 4) is 0 Å². The van der Waals surface area contributed by atoms with Gasteiger partial charge in [0.2, 0.25) is 11.8 Å². The van der Waals surface area contributed by atoms with E-state index in [0.717, 1.165) is 16.7 Å². The maximum absolute atomic E-state index is 12.6. The first-order valence-corrected chi connectivity index (χ1v) is 7.49. The molecule has 3 rings (SSSR count). The van der Waals surface area contributed by atoms with Gasteiger partial charge in [-0.3, -0.25) is 19.7 Å². The van der Waals surface area contributed by atoms with Crippen LogP contribution in [-0.2, 0) is 22.7 Å². The highest BCUT2D eigenvalue weighted by Gasteiger charge is 2.38. The Morgan fingerprint density at radius 3 is 2.82 bits per heavy atom. The Morgan fingerprint density at radius 2 is 2.09 bits per heavy atom. The first kappa shape index (κ1) is 14.7. The molecule has 3 amide bonds. The van der Waals surface area contributed by atoms with Crippen molar-refractivity contribution in [2.45, 2.75) is 45.3 Å². The fourth-order valence-electron chi connectivity index (χ4n) is 3.25. The van der Waals surface area contributed by atoms with Gasteiger partial charge in [0.15, 0.2) is 0 Å². The number of fused-ring (bicyclic) bond motifs is 1. The van der Waals surface area contributed by atoms with Crippen LogP contribution in [0.1, 0.15) is 46.3 Å². The van der Waals surface area contributed by atoms with E-state index in [9.17, 15) is 14.4 Å². The summed E-state index contributed by atoms with van der Waals surface area (Å²) in [5.74, 6) is -0.783. The number of amides is 3. The summed E-state index contributed by atoms with van der Waals surface area (Å²) < 4.78 is 0. The summed E-state index contributed by atoms with van der Waals surface area (Å²) in [5, 5.41) is 2.36. The summed E-state index contributed by atoms with van der Waals surface area (Å²) in [7, 11) is 0. The van der Waals surface area contributed by atoms with E-state index < -0.39 is 6.04 Å². The van der Waals surface area contributed by atoms with Gasteiger partial charge in [-0.05, 0) is 42.5 Å². The molecule has 6 nitrogen and oxygen atoms in total. The highest BCUT2D eigenvalue weighted by molar-refractivity contribution is 6.04. The molecule has 2 aliphatic rings. The molecular weight excluding hydrogens is 282 g/mol. The van der Waals surface area contributed by atoms with E-state index >= 15 is 0 Å². The van der Waals surface area contributed by atoms with Crippen LogP contribution in [0, 0.1) is 6.92 Å². The van der Waals surface area contributed by atoms with Gasteiger partial charge in [-0.15, -0.1) is 0 Å². The van der Waals surface area contributed by atoms with Crippen molar-refractivity contribution in [1.82, 2.24) is 10.2 Å². The Kier molecular flexibility index (Phi) is 3.70. The van der Waals surface area contributed by atoms with E-state index in [1.807, 2.05) is 13.0 Å². The lowest BCUT2D eigenvalue weighted by molar-refractivity contribution is -0.132. The Hall–Kier alpha value is -2.21. The second kappa shape index (κ2) is 5.53. The molecule has 2 heterocycles. The zero-order valence-corrected chi connectivity index (χ0v) is 12.5. The molecule has 0 aliphatic carbocycles. The molecular formula is C16H19N3O3. The lowest BCUT2D eigenvalue weighted by Crippen LogP contribution is -2.46. The molecule has 0 bridgehead atoms. The van der Waals surface area contributed by atoms with E-state index in [0.29, 0.717) is 37.9 Å². The van der Waals surface area contributed by atoms with Gasteiger partial charge in [-0.1, -0.05) is 6.07 Å². The number of benzene rings is 1. The van der Waals surface area contributed by atoms with Gasteiger partial charge in [0.1, 0.15) is 6.04 Å². The van der Waals surface area contributed by atoms with Crippen molar-refractivity contribution in [2.75, 3.05) is 0 Å². The number of hydrogen-bond acceptors (Lipinski definition) is 4. The summed E-state index contributed by atoms with van der Waals surface area (Å²) in [4.78, 5) is 37.8. The van der Waals surface area contributed by atoms with E-state index in [2.05, 4.69) is 5.32 Å². The second-order valence-electron chi connectivity index (χ2n) is 5.83. The predicted octanol–water partition coefficient (Wildman–Crippen LogP) is 0.605. The van der Waals surface area contributed by atoms with Crippen molar-refractivity contribution in [3.05, 3.63) is 34.4 Å². The average Bonchev–Trinajstić information content (AvgIpc) is 2.72. The van der Waals surface area contributed by atoms with E-state index in [1.54, 1.807) is 11.0 Å². The van der Waals surface area contributed by atoms with Crippen LogP contribution in [0.2, 0.25) is 0 Å². The molecule has 1 aromatic carbocycles. The van der Waals surface area contributed by atoms with Crippen molar-refractivity contribution >= 4 is 17.7 Å². The number of rotatable bonds is 2. The quantitative estimate of drug-likeness (QED) is 0.783. The minimum Gasteiger partial charge on any atom is -0.326 e. The number of hydrogen-bond donors (Lipinski definition) is 2. The Balaban J connectivity index is 1.92. The highest BCUT2D eigenvalue weighted by atomic mass is 16.2. The molecule has 0 spiro atoms. The normalized spacial score (nSPS) is 21.6. The lowest BCUT2D eigenvalue weighted by atomic mass is 9.99. The van der Waals surface area contributed by atoms with Gasteiger partial charge in [0, 0.05) is 25.1 Å². The molecule has 6 heteroatoms. The standard InChI is InChI=1S/C16H19N3O3/c1-9-10(7-17)5-6-11-12(9)8-19(16(11)22)13-3-2-4-14(20)18-15(13)21/h5-6,13H,2-4,7-8,17H2,1H3,(H,18,20,21). The minimum atomic E-state index is -0.577. The molecule has 3 N–H and O–H groups in total. The summed E-state index contributed by atoms with van der Waals surface area (Å²) in [6.45, 7) is 2.78. The monoisotopic (exact) mass is 301 g/mol. The molecule has 0 saturated carbocycles. The zero-order chi connectivity index (χ0) is 15.9. The first-order chi connectivity index (χ1) is 10.5. The number of nitrogens with one attached hydrogen (secondary N) is 1. The summed E-state index contributed by atoms with van der Waals surface area (Å²) >= 11 is 0. The minimum absolute atomic E-state index is 0.142. The van der Waals surface area contributed by atoms with Crippen LogP contribution in [-0.4, -0.2) is 28.7 Å². The molecule has 1 atom stereocenters. The molecule has 2 aliphatic heterocycles. The molecule has 0 aromatic heterocycles. The summed E-state index contributed by atoms with van der Waals surface area (Å²) in [6, 6.07) is 3.07. The molecule has 22 heavy (non-hydrogen) atoms. The van der Waals surface area contributed by atoms with Crippen molar-refractivity contribution in [1.29, 1.82) is 0 Å². The third-order valence-corrected chi connectivity index (χ3v) is 4.57. The van der Waals surface area contributed by atoms with Gasteiger partial charge in [0.25, 0.3) is 5.91 Å². The van der Waals surface area contributed by atoms with Gasteiger partial charge < -0.3 is 10.6 Å². The molecule has 1 saturated heterocycles. The van der Waals surface area contributed by atoms with Crippen molar-refractivity contribution in [2.24, 2.45) is 5.73 Å². The van der Waals surface area contributed by atoms with Crippen LogP contribution in [0.3, 0.4) is 0 Å². The number of carbonyl (C=O) groups is 3. The number of carbonyl (C=O) groups excluding carboxylic acids is 3. The smallest absolute Gasteiger partial charge is 0.255 e. The lowest BCUT2D eigenvalue weighted by Gasteiger charge is -2.24. The predicted molar refractivity (Wildman–Crippen MR) is 79.7 cm³/mol. The number of nitrogens with zero attached hydrogens (tertiary/aromatic N) is 1. The summed E-state index contributed by atoms with van der Waals surface area (Å²) in [5.41, 5.74) is 9.32. The molecule has 1 fully saturated rings. The van der Waals surface area contributed by atoms with E-state index in [-0.39, 0.29) is 17.7 Å². The van der Waals surface area contributed by atoms with Crippen LogP contribution in [0.4, 0.5) is 0 Å². The molecule has 0 radical (unpaired) electrons. The average molecular weight is 301 g/mol. The van der Waals surface area contributed by atoms with Crippen LogP contribution >= 0.6 is 0 Å². The first-order valence-electron chi connectivity index (χ1n) is 7.49. The van der Waals surface area contributed by atoms with Crippen molar-refractivity contribution in [3.63, 3.8) is 0 Å². The third-order valence-electron chi connectivity index (χ3n) is 4.57. The summed E-state index contributed by atoms with van der Waals surface area (Å²) in [6.07, 6.45) is 1.45. The van der Waals surface area contributed by atoms with Crippen LogP contribution in [0.15, 0.2) is 12.1 Å². The topological polar surface area (TPSA) is 92.5 Å². The Morgan fingerprint density at radius 1 is 1.32 bits per heavy atom. The van der Waals surface area contributed by atoms with Gasteiger partial charge in [-0.25, -0.2) is 0 Å². The Labute approximate surface area is 128 Å². The maximum Gasteiger partial charge on any atom is 0.255 e. The molecule has 1 unspecified atom stereocenters. The largest absolute Gasteiger partial charge is 0.326 e. The molecule has 116 valence electrons. The molecule has 1 aromatic rings. The number of nitrogens with two attached hydrogens (primary N) is 1. The van der Waals surface area contributed by atoms with E-state index in [4.69, 9.17) is 5.73 Å². The zero-order valence-electron chi connectivity index (χ0n) is 12.5. The van der Waals surface area contributed by atoms with Crippen LogP contribution in [0.5, 0.6) is 0 Å². The fourth-order valence-corrected chi connectivity index (χ4v) is 3.25. The third kappa shape index (κ3) is 2.29. The van der Waals surface area contributed by atoms with E-state index in [1.165, 1.54) is 0 Å². The van der Waals surface area contributed by atoms with Crippen LogP contribution < -0.4 is 11.1 Å². The number of imide groups is 1. The fraction of sp³-hybridized carbons (Fsp3) is 0.438. The van der Waals surface area contributed by atoms with Gasteiger partial charge >= 0.3 is 0 Å². The Bertz CT molecular complexity index is 669. The van der Waals surface area contributed by atoms with Gasteiger partial charge in [0.05, 0.1) is 0 Å². The SMILES string of the molecule is Cc1c(CN)ccc2c1CN(C1CCCC(=O)NC1=O)C2=O. The van der Waals surface area contributed by atoms with Crippen LogP contribution in [0.25, 0.3) is 0 Å². The second-order valence-corrected chi connectivity index (χ2v) is 5.83.